The molecule has 0 aliphatic carbocycles. The number of thiophene rings is 1. The Bertz CT molecular complexity index is 1460. The molecule has 0 radical (unpaired) electrons. The highest BCUT2D eigenvalue weighted by Crippen LogP contribution is 2.40. The number of carbonyl (C=O) groups excluding carboxylic acids is 2. The molecule has 1 fully saturated rings. The molecule has 2 heterocycles. The Balaban J connectivity index is 1.57. The summed E-state index contributed by atoms with van der Waals surface area (Å²) in [6, 6.07) is 17.8. The molecule has 1 aliphatic rings. The number of hydrogen-bond acceptors (Lipinski definition) is 7. The number of aliphatic hydroxyl groups excluding tert-OH is 1. The van der Waals surface area contributed by atoms with Crippen LogP contribution in [0.4, 0.5) is 0 Å². The Labute approximate surface area is 251 Å². The van der Waals surface area contributed by atoms with Crippen LogP contribution in [0.2, 0.25) is 0 Å². The zero-order valence-electron chi connectivity index (χ0n) is 22.3. The first kappa shape index (κ1) is 30.7. The van der Waals surface area contributed by atoms with E-state index in [1.54, 1.807) is 30.3 Å². The predicted molar refractivity (Wildman–Crippen MR) is 162 cm³/mol. The lowest BCUT2D eigenvalue weighted by Gasteiger charge is -2.33. The summed E-state index contributed by atoms with van der Waals surface area (Å²) in [4.78, 5) is 28.6. The number of benzene rings is 2. The molecule has 0 spiro atoms. The van der Waals surface area contributed by atoms with E-state index in [0.29, 0.717) is 10.3 Å². The minimum Gasteiger partial charge on any atom is -0.382 e. The second kappa shape index (κ2) is 12.7. The summed E-state index contributed by atoms with van der Waals surface area (Å²) in [5.74, 6) is -0.846. The molecule has 3 atom stereocenters. The van der Waals surface area contributed by atoms with Crippen LogP contribution in [0.3, 0.4) is 0 Å². The maximum atomic E-state index is 13.8. The number of nitrogens with one attached hydrogen (secondary N) is 2. The van der Waals surface area contributed by atoms with Gasteiger partial charge in [-0.05, 0) is 71.9 Å². The highest BCUT2D eigenvalue weighted by molar-refractivity contribution is 9.11. The molecule has 8 nitrogen and oxygen atoms in total. The van der Waals surface area contributed by atoms with Crippen molar-refractivity contribution in [1.29, 1.82) is 0 Å². The van der Waals surface area contributed by atoms with E-state index in [9.17, 15) is 23.1 Å². The fourth-order valence-electron chi connectivity index (χ4n) is 4.63. The molecule has 3 aromatic rings. The summed E-state index contributed by atoms with van der Waals surface area (Å²) in [6.45, 7) is 6.04. The van der Waals surface area contributed by atoms with E-state index in [4.69, 9.17) is 0 Å². The lowest BCUT2D eigenvalue weighted by atomic mass is 9.97. The summed E-state index contributed by atoms with van der Waals surface area (Å²) in [5.41, 5.74) is 2.76. The Morgan fingerprint density at radius 2 is 1.77 bits per heavy atom. The van der Waals surface area contributed by atoms with Gasteiger partial charge in [0.05, 0.1) is 15.7 Å². The lowest BCUT2D eigenvalue weighted by Crippen LogP contribution is -2.58. The second-order valence-electron chi connectivity index (χ2n) is 10.2. The predicted octanol–water partition coefficient (Wildman–Crippen LogP) is 4.07. The number of nitrogens with zero attached hydrogens (tertiary/aromatic N) is 1. The zero-order chi connectivity index (χ0) is 29.1. The molecule has 1 aromatic heterocycles. The van der Waals surface area contributed by atoms with Crippen LogP contribution in [0.15, 0.2) is 74.7 Å². The summed E-state index contributed by atoms with van der Waals surface area (Å²) in [7, 11) is -4.03. The zero-order valence-corrected chi connectivity index (χ0v) is 26.4. The highest BCUT2D eigenvalue weighted by Gasteiger charge is 2.50. The third-order valence-electron chi connectivity index (χ3n) is 6.84. The standard InChI is InChI=1S/C28H32BrN3O5S3/c1-18-9-7-8-12-20(18)16-30-26(34)25-28(2,3)38-17-32(25)27(35)24(33)21(15-19-10-5-4-6-11-19)31-40(36,37)23-14-13-22(29)39-23/h4-14,21,24-25,31,33H,15-17H2,1-3H3,(H,30,34)/t21-,24-,25+/m0/s1. The molecular formula is C28H32BrN3O5S3. The monoisotopic (exact) mass is 665 g/mol. The molecule has 2 aromatic carbocycles. The van der Waals surface area contributed by atoms with Gasteiger partial charge in [-0.25, -0.2) is 13.1 Å². The molecular weight excluding hydrogens is 634 g/mol. The topological polar surface area (TPSA) is 116 Å². The van der Waals surface area contributed by atoms with Crippen molar-refractivity contribution in [3.63, 3.8) is 0 Å². The number of amides is 2. The molecule has 40 heavy (non-hydrogen) atoms. The molecule has 1 aliphatic heterocycles. The average molecular weight is 667 g/mol. The molecule has 2 amide bonds. The molecule has 0 saturated carbocycles. The van der Waals surface area contributed by atoms with Gasteiger partial charge < -0.3 is 15.3 Å². The number of sulfonamides is 1. The van der Waals surface area contributed by atoms with E-state index in [1.165, 1.54) is 22.7 Å². The van der Waals surface area contributed by atoms with Gasteiger partial charge in [0.1, 0.15) is 16.4 Å². The minimum absolute atomic E-state index is 0.0587. The van der Waals surface area contributed by atoms with Gasteiger partial charge in [-0.3, -0.25) is 9.59 Å². The third kappa shape index (κ3) is 7.15. The van der Waals surface area contributed by atoms with Gasteiger partial charge in [0.15, 0.2) is 0 Å². The summed E-state index contributed by atoms with van der Waals surface area (Å²) in [6.07, 6.45) is -1.65. The number of aryl methyl sites for hydroxylation is 1. The molecule has 0 bridgehead atoms. The van der Waals surface area contributed by atoms with Crippen LogP contribution in [-0.4, -0.2) is 59.1 Å². The van der Waals surface area contributed by atoms with E-state index in [1.807, 2.05) is 51.1 Å². The van der Waals surface area contributed by atoms with Crippen molar-refractivity contribution in [2.75, 3.05) is 5.88 Å². The Morgan fingerprint density at radius 3 is 2.42 bits per heavy atom. The first-order valence-corrected chi connectivity index (χ1v) is 16.7. The summed E-state index contributed by atoms with van der Waals surface area (Å²) >= 11 is 5.74. The van der Waals surface area contributed by atoms with Crippen LogP contribution < -0.4 is 10.0 Å². The normalized spacial score (nSPS) is 18.3. The molecule has 214 valence electrons. The van der Waals surface area contributed by atoms with Gasteiger partial charge >= 0.3 is 0 Å². The molecule has 3 N–H and O–H groups in total. The van der Waals surface area contributed by atoms with Crippen LogP contribution in [0.25, 0.3) is 0 Å². The fraction of sp³-hybridized carbons (Fsp3) is 0.357. The first-order valence-electron chi connectivity index (χ1n) is 12.7. The van der Waals surface area contributed by atoms with E-state index in [-0.39, 0.29) is 22.4 Å². The fourth-order valence-corrected chi connectivity index (χ4v) is 9.04. The maximum Gasteiger partial charge on any atom is 0.254 e. The number of rotatable bonds is 10. The number of halogens is 1. The van der Waals surface area contributed by atoms with E-state index in [0.717, 1.165) is 28.0 Å². The van der Waals surface area contributed by atoms with Crippen LogP contribution in [0.5, 0.6) is 0 Å². The van der Waals surface area contributed by atoms with Crippen molar-refractivity contribution in [3.8, 4) is 0 Å². The number of hydrogen-bond donors (Lipinski definition) is 3. The lowest BCUT2D eigenvalue weighted by molar-refractivity contribution is -0.147. The van der Waals surface area contributed by atoms with Gasteiger partial charge in [0.25, 0.3) is 5.91 Å². The number of thioether (sulfide) groups is 1. The largest absolute Gasteiger partial charge is 0.382 e. The van der Waals surface area contributed by atoms with Crippen molar-refractivity contribution in [2.24, 2.45) is 0 Å². The van der Waals surface area contributed by atoms with Crippen molar-refractivity contribution >= 4 is 60.9 Å². The number of aliphatic hydroxyl groups is 1. The van der Waals surface area contributed by atoms with Crippen molar-refractivity contribution < 1.29 is 23.1 Å². The SMILES string of the molecule is Cc1ccccc1CNC(=O)[C@H]1N(C(=O)[C@@H](O)[C@H](Cc2ccccc2)NS(=O)(=O)c2ccc(Br)s2)CSC1(C)C. The molecule has 4 rings (SSSR count). The quantitative estimate of drug-likeness (QED) is 0.301. The average Bonchev–Trinajstić information content (AvgIpc) is 3.50. The van der Waals surface area contributed by atoms with Crippen molar-refractivity contribution in [3.05, 3.63) is 87.2 Å². The minimum atomic E-state index is -4.03. The molecule has 12 heteroatoms. The van der Waals surface area contributed by atoms with Gasteiger partial charge in [-0.1, -0.05) is 54.6 Å². The van der Waals surface area contributed by atoms with Crippen molar-refractivity contribution in [2.45, 2.75) is 60.9 Å². The van der Waals surface area contributed by atoms with Crippen LogP contribution in [-0.2, 0) is 32.6 Å². The Kier molecular flexibility index (Phi) is 9.79. The first-order chi connectivity index (χ1) is 18.9. The second-order valence-corrected chi connectivity index (χ2v) is 16.2. The van der Waals surface area contributed by atoms with Crippen LogP contribution in [0.1, 0.15) is 30.5 Å². The van der Waals surface area contributed by atoms with Gasteiger partial charge in [-0.2, -0.15) is 0 Å². The van der Waals surface area contributed by atoms with Crippen LogP contribution >= 0.6 is 39.0 Å². The van der Waals surface area contributed by atoms with Gasteiger partial charge in [0, 0.05) is 11.3 Å². The molecule has 1 saturated heterocycles. The third-order valence-corrected chi connectivity index (χ3v) is 11.8. The summed E-state index contributed by atoms with van der Waals surface area (Å²) in [5, 5.41) is 14.3. The van der Waals surface area contributed by atoms with Gasteiger partial charge in [0.2, 0.25) is 15.9 Å². The summed E-state index contributed by atoms with van der Waals surface area (Å²) < 4.78 is 29.0. The molecule has 0 unspecified atom stereocenters. The van der Waals surface area contributed by atoms with E-state index >= 15 is 0 Å². The van der Waals surface area contributed by atoms with Crippen molar-refractivity contribution in [1.82, 2.24) is 14.9 Å². The highest BCUT2D eigenvalue weighted by atomic mass is 79.9. The van der Waals surface area contributed by atoms with Gasteiger partial charge in [-0.15, -0.1) is 23.1 Å². The van der Waals surface area contributed by atoms with E-state index in [2.05, 4.69) is 26.0 Å². The van der Waals surface area contributed by atoms with Crippen LogP contribution in [0, 0.1) is 6.92 Å². The van der Waals surface area contributed by atoms with E-state index < -0.39 is 38.9 Å². The Morgan fingerprint density at radius 1 is 1.10 bits per heavy atom. The number of carbonyl (C=O) groups is 2. The smallest absolute Gasteiger partial charge is 0.254 e. The maximum absolute atomic E-state index is 13.8. The Hall–Kier alpha value is -2.22.